The zero-order valence-electron chi connectivity index (χ0n) is 9.88. The van der Waals surface area contributed by atoms with E-state index in [1.165, 1.54) is 6.42 Å². The fourth-order valence-corrected chi connectivity index (χ4v) is 2.75. The molecule has 2 rings (SSSR count). The summed E-state index contributed by atoms with van der Waals surface area (Å²) >= 11 is 9.56. The summed E-state index contributed by atoms with van der Waals surface area (Å²) in [4.78, 5) is 0. The molecule has 2 nitrogen and oxygen atoms in total. The normalized spacial score (nSPS) is 24.9. The van der Waals surface area contributed by atoms with E-state index in [4.69, 9.17) is 16.3 Å². The predicted molar refractivity (Wildman–Crippen MR) is 74.4 cm³/mol. The van der Waals surface area contributed by atoms with Crippen LogP contribution in [-0.2, 0) is 11.3 Å². The Balaban J connectivity index is 1.92. The van der Waals surface area contributed by atoms with Crippen molar-refractivity contribution in [1.29, 1.82) is 0 Å². The Morgan fingerprint density at radius 1 is 1.53 bits per heavy atom. The Labute approximate surface area is 116 Å². The van der Waals surface area contributed by atoms with Crippen LogP contribution in [-0.4, -0.2) is 19.2 Å². The van der Waals surface area contributed by atoms with Gasteiger partial charge in [-0.1, -0.05) is 40.5 Å². The molecule has 94 valence electrons. The van der Waals surface area contributed by atoms with Gasteiger partial charge in [-0.25, -0.2) is 0 Å². The molecule has 1 heterocycles. The first-order chi connectivity index (χ1) is 8.16. The van der Waals surface area contributed by atoms with Crippen LogP contribution in [0.5, 0.6) is 0 Å². The van der Waals surface area contributed by atoms with Crippen LogP contribution in [0.4, 0.5) is 0 Å². The molecule has 1 aromatic carbocycles. The number of ether oxygens (including phenoxy) is 1. The molecule has 0 aromatic heterocycles. The molecule has 1 N–H and O–H groups in total. The Kier molecular flexibility index (Phi) is 4.86. The molecule has 0 amide bonds. The van der Waals surface area contributed by atoms with Crippen molar-refractivity contribution in [3.05, 3.63) is 33.3 Å². The molecule has 1 fully saturated rings. The molecule has 17 heavy (non-hydrogen) atoms. The van der Waals surface area contributed by atoms with Gasteiger partial charge in [0.1, 0.15) is 0 Å². The second kappa shape index (κ2) is 6.19. The van der Waals surface area contributed by atoms with E-state index in [-0.39, 0.29) is 0 Å². The van der Waals surface area contributed by atoms with Gasteiger partial charge in [0.25, 0.3) is 0 Å². The molecule has 0 spiro atoms. The van der Waals surface area contributed by atoms with Crippen LogP contribution in [0.25, 0.3) is 0 Å². The van der Waals surface area contributed by atoms with Crippen LogP contribution in [0.1, 0.15) is 18.9 Å². The third-order valence-corrected chi connectivity index (χ3v) is 4.07. The molecule has 1 saturated heterocycles. The SMILES string of the molecule is CC1CCNCC1OCc1ccc(Br)cc1Cl. The minimum absolute atomic E-state index is 0.295. The standard InChI is InChI=1S/C13H17BrClNO/c1-9-4-5-16-7-13(9)17-8-10-2-3-11(14)6-12(10)15/h2-3,6,9,13,16H,4-5,7-8H2,1H3. The quantitative estimate of drug-likeness (QED) is 0.919. The first kappa shape index (κ1) is 13.3. The second-order valence-electron chi connectivity index (χ2n) is 4.56. The summed E-state index contributed by atoms with van der Waals surface area (Å²) in [5.41, 5.74) is 1.05. The van der Waals surface area contributed by atoms with Crippen molar-refractivity contribution in [2.45, 2.75) is 26.1 Å². The van der Waals surface area contributed by atoms with Gasteiger partial charge in [-0.05, 0) is 36.6 Å². The number of benzene rings is 1. The van der Waals surface area contributed by atoms with Crippen molar-refractivity contribution in [2.24, 2.45) is 5.92 Å². The summed E-state index contributed by atoms with van der Waals surface area (Å²) in [5.74, 6) is 0.616. The van der Waals surface area contributed by atoms with Crippen molar-refractivity contribution in [3.8, 4) is 0 Å². The average molecular weight is 319 g/mol. The molecule has 1 aliphatic rings. The van der Waals surface area contributed by atoms with Crippen LogP contribution in [0.2, 0.25) is 5.02 Å². The average Bonchev–Trinajstić information content (AvgIpc) is 2.30. The highest BCUT2D eigenvalue weighted by molar-refractivity contribution is 9.10. The summed E-state index contributed by atoms with van der Waals surface area (Å²) in [5, 5.41) is 4.12. The van der Waals surface area contributed by atoms with Gasteiger partial charge in [0.05, 0.1) is 12.7 Å². The molecule has 2 unspecified atom stereocenters. The van der Waals surface area contributed by atoms with Gasteiger partial charge in [0.15, 0.2) is 0 Å². The van der Waals surface area contributed by atoms with E-state index in [1.807, 2.05) is 18.2 Å². The Morgan fingerprint density at radius 2 is 2.35 bits per heavy atom. The van der Waals surface area contributed by atoms with E-state index in [9.17, 15) is 0 Å². The summed E-state index contributed by atoms with van der Waals surface area (Å²) in [6, 6.07) is 5.91. The highest BCUT2D eigenvalue weighted by Gasteiger charge is 2.21. The smallest absolute Gasteiger partial charge is 0.0735 e. The third-order valence-electron chi connectivity index (χ3n) is 3.22. The minimum Gasteiger partial charge on any atom is -0.372 e. The maximum absolute atomic E-state index is 6.16. The lowest BCUT2D eigenvalue weighted by Gasteiger charge is -2.29. The van der Waals surface area contributed by atoms with Gasteiger partial charge in [-0.2, -0.15) is 0 Å². The van der Waals surface area contributed by atoms with Crippen LogP contribution in [0.15, 0.2) is 22.7 Å². The third kappa shape index (κ3) is 3.68. The molecular formula is C13H17BrClNO. The van der Waals surface area contributed by atoms with Crippen molar-refractivity contribution < 1.29 is 4.74 Å². The lowest BCUT2D eigenvalue weighted by atomic mass is 9.97. The van der Waals surface area contributed by atoms with Crippen LogP contribution >= 0.6 is 27.5 Å². The van der Waals surface area contributed by atoms with E-state index in [2.05, 4.69) is 28.2 Å². The number of piperidine rings is 1. The van der Waals surface area contributed by atoms with Crippen molar-refractivity contribution in [2.75, 3.05) is 13.1 Å². The predicted octanol–water partition coefficient (Wildman–Crippen LogP) is 3.62. The van der Waals surface area contributed by atoms with Gasteiger partial charge in [-0.15, -0.1) is 0 Å². The summed E-state index contributed by atoms with van der Waals surface area (Å²) in [6.07, 6.45) is 1.47. The van der Waals surface area contributed by atoms with Crippen molar-refractivity contribution in [1.82, 2.24) is 5.32 Å². The van der Waals surface area contributed by atoms with Crippen molar-refractivity contribution in [3.63, 3.8) is 0 Å². The molecule has 0 aliphatic carbocycles. The molecule has 1 aromatic rings. The zero-order valence-corrected chi connectivity index (χ0v) is 12.2. The summed E-state index contributed by atoms with van der Waals surface area (Å²) in [7, 11) is 0. The second-order valence-corrected chi connectivity index (χ2v) is 5.88. The highest BCUT2D eigenvalue weighted by Crippen LogP contribution is 2.23. The maximum atomic E-state index is 6.16. The van der Waals surface area contributed by atoms with Crippen LogP contribution in [0, 0.1) is 5.92 Å². The lowest BCUT2D eigenvalue weighted by Crippen LogP contribution is -2.40. The first-order valence-corrected chi connectivity index (χ1v) is 7.10. The largest absolute Gasteiger partial charge is 0.372 e. The Bertz CT molecular complexity index is 386. The Morgan fingerprint density at radius 3 is 3.06 bits per heavy atom. The fourth-order valence-electron chi connectivity index (χ4n) is 2.02. The van der Waals surface area contributed by atoms with Gasteiger partial charge in [-0.3, -0.25) is 0 Å². The maximum Gasteiger partial charge on any atom is 0.0735 e. The van der Waals surface area contributed by atoms with Crippen LogP contribution < -0.4 is 5.32 Å². The Hall–Kier alpha value is -0.0900. The molecule has 1 aliphatic heterocycles. The fraction of sp³-hybridized carbons (Fsp3) is 0.538. The van der Waals surface area contributed by atoms with Gasteiger partial charge in [0.2, 0.25) is 0 Å². The molecule has 0 bridgehead atoms. The first-order valence-electron chi connectivity index (χ1n) is 5.93. The molecule has 0 radical (unpaired) electrons. The van der Waals surface area contributed by atoms with Gasteiger partial charge >= 0.3 is 0 Å². The number of rotatable bonds is 3. The number of halogens is 2. The van der Waals surface area contributed by atoms with E-state index < -0.39 is 0 Å². The van der Waals surface area contributed by atoms with E-state index in [1.54, 1.807) is 0 Å². The van der Waals surface area contributed by atoms with Crippen molar-refractivity contribution >= 4 is 27.5 Å². The van der Waals surface area contributed by atoms with E-state index >= 15 is 0 Å². The molecular weight excluding hydrogens is 302 g/mol. The molecule has 4 heteroatoms. The van der Waals surface area contributed by atoms with Crippen LogP contribution in [0.3, 0.4) is 0 Å². The van der Waals surface area contributed by atoms with E-state index in [0.717, 1.165) is 28.1 Å². The van der Waals surface area contributed by atoms with Gasteiger partial charge in [0, 0.05) is 16.0 Å². The van der Waals surface area contributed by atoms with Gasteiger partial charge < -0.3 is 10.1 Å². The van der Waals surface area contributed by atoms with E-state index in [0.29, 0.717) is 18.6 Å². The zero-order chi connectivity index (χ0) is 12.3. The highest BCUT2D eigenvalue weighted by atomic mass is 79.9. The summed E-state index contributed by atoms with van der Waals surface area (Å²) < 4.78 is 6.94. The molecule has 0 saturated carbocycles. The number of hydrogen-bond acceptors (Lipinski definition) is 2. The topological polar surface area (TPSA) is 21.3 Å². The number of hydrogen-bond donors (Lipinski definition) is 1. The summed E-state index contributed by atoms with van der Waals surface area (Å²) in [6.45, 7) is 4.87. The number of nitrogens with one attached hydrogen (secondary N) is 1. The monoisotopic (exact) mass is 317 g/mol. The molecule has 2 atom stereocenters. The lowest BCUT2D eigenvalue weighted by molar-refractivity contribution is -0.00654. The minimum atomic E-state index is 0.295.